The lowest BCUT2D eigenvalue weighted by atomic mass is 10.0. The van der Waals surface area contributed by atoms with E-state index in [2.05, 4.69) is 15.0 Å². The largest absolute Gasteiger partial charge is 0.312 e. The summed E-state index contributed by atoms with van der Waals surface area (Å²) in [4.78, 5) is 31.5. The Balaban J connectivity index is 1.54. The van der Waals surface area contributed by atoms with Crippen molar-refractivity contribution in [2.24, 2.45) is 5.92 Å². The molecule has 35 heavy (non-hydrogen) atoms. The van der Waals surface area contributed by atoms with E-state index >= 15 is 0 Å². The molecule has 0 radical (unpaired) electrons. The van der Waals surface area contributed by atoms with Gasteiger partial charge in [0.05, 0.1) is 15.1 Å². The maximum Gasteiger partial charge on any atom is 0.244 e. The van der Waals surface area contributed by atoms with E-state index in [1.807, 2.05) is 39.0 Å². The number of carbonyl (C=O) groups is 2. The minimum atomic E-state index is -3.97. The van der Waals surface area contributed by atoms with Gasteiger partial charge >= 0.3 is 0 Å². The third-order valence-electron chi connectivity index (χ3n) is 5.96. The number of aryl methyl sites for hydroxylation is 1. The Labute approximate surface area is 209 Å². The van der Waals surface area contributed by atoms with Crippen molar-refractivity contribution in [1.82, 2.24) is 9.71 Å². The summed E-state index contributed by atoms with van der Waals surface area (Å²) in [7, 11) is -3.97. The van der Waals surface area contributed by atoms with Gasteiger partial charge in [0.15, 0.2) is 5.13 Å². The molecule has 1 atom stereocenters. The van der Waals surface area contributed by atoms with Crippen molar-refractivity contribution in [2.75, 3.05) is 16.8 Å². The fourth-order valence-electron chi connectivity index (χ4n) is 4.21. The Morgan fingerprint density at radius 1 is 1.17 bits per heavy atom. The van der Waals surface area contributed by atoms with Crippen LogP contribution in [0.2, 0.25) is 0 Å². The molecule has 0 fully saturated rings. The lowest BCUT2D eigenvalue weighted by Crippen LogP contribution is -2.44. The number of carbonyl (C=O) groups excluding carboxylic acids is 2. The molecule has 0 spiro atoms. The quantitative estimate of drug-likeness (QED) is 0.468. The number of nitrogens with zero attached hydrogens (tertiary/aromatic N) is 2. The zero-order chi connectivity index (χ0) is 25.3. The van der Waals surface area contributed by atoms with Crippen LogP contribution in [0, 0.1) is 12.8 Å². The molecule has 8 nitrogen and oxygen atoms in total. The Morgan fingerprint density at radius 2 is 1.94 bits per heavy atom. The Bertz CT molecular complexity index is 1380. The monoisotopic (exact) mass is 514 g/mol. The van der Waals surface area contributed by atoms with Crippen LogP contribution in [0.3, 0.4) is 0 Å². The van der Waals surface area contributed by atoms with Gasteiger partial charge in [0.1, 0.15) is 6.04 Å². The normalized spacial score (nSPS) is 14.4. The van der Waals surface area contributed by atoms with Crippen molar-refractivity contribution in [1.29, 1.82) is 0 Å². The van der Waals surface area contributed by atoms with Crippen molar-refractivity contribution >= 4 is 54.2 Å². The summed E-state index contributed by atoms with van der Waals surface area (Å²) in [6.07, 6.45) is 1.32. The van der Waals surface area contributed by atoms with Gasteiger partial charge in [-0.2, -0.15) is 4.72 Å². The second-order valence-electron chi connectivity index (χ2n) is 9.22. The molecule has 3 aromatic rings. The first-order valence-electron chi connectivity index (χ1n) is 11.7. The van der Waals surface area contributed by atoms with E-state index in [0.29, 0.717) is 30.9 Å². The number of amides is 2. The number of fused-ring (bicyclic) bond motifs is 2. The molecule has 1 aliphatic rings. The zero-order valence-electron chi connectivity index (χ0n) is 20.3. The van der Waals surface area contributed by atoms with Crippen molar-refractivity contribution in [3.8, 4) is 0 Å². The first-order chi connectivity index (χ1) is 16.6. The number of nitrogens with one attached hydrogen (secondary N) is 2. The number of hydrogen-bond acceptors (Lipinski definition) is 6. The van der Waals surface area contributed by atoms with E-state index in [9.17, 15) is 18.0 Å². The fraction of sp³-hybridized carbons (Fsp3) is 0.400. The second-order valence-corrected chi connectivity index (χ2v) is 12.0. The van der Waals surface area contributed by atoms with Gasteiger partial charge in [-0.25, -0.2) is 13.4 Å². The minimum absolute atomic E-state index is 0.0103. The maximum absolute atomic E-state index is 13.2. The van der Waals surface area contributed by atoms with Crippen LogP contribution in [0.4, 0.5) is 10.8 Å². The van der Waals surface area contributed by atoms with Crippen LogP contribution in [0.15, 0.2) is 41.3 Å². The molecule has 0 saturated heterocycles. The summed E-state index contributed by atoms with van der Waals surface area (Å²) in [5.74, 6) is -0.352. The zero-order valence-corrected chi connectivity index (χ0v) is 21.9. The van der Waals surface area contributed by atoms with Crippen LogP contribution in [0.1, 0.15) is 44.7 Å². The highest BCUT2D eigenvalue weighted by molar-refractivity contribution is 7.89. The van der Waals surface area contributed by atoms with Gasteiger partial charge in [-0.15, -0.1) is 0 Å². The molecule has 2 heterocycles. The molecule has 0 aliphatic carbocycles. The summed E-state index contributed by atoms with van der Waals surface area (Å²) in [6, 6.07) is 9.65. The van der Waals surface area contributed by atoms with Gasteiger partial charge in [0.2, 0.25) is 21.8 Å². The second kappa shape index (κ2) is 10.0. The molecule has 0 bridgehead atoms. The highest BCUT2D eigenvalue weighted by atomic mass is 32.2. The molecule has 4 rings (SSSR count). The first kappa shape index (κ1) is 25.3. The predicted octanol–water partition coefficient (Wildman–Crippen LogP) is 4.24. The SMILES string of the molecule is CCC(=O)N1CCc2cc(S(=O)(=O)N[C@H](CC(C)C)C(=O)Nc3nc4ccc(C)cc4s3)ccc21. The number of sulfonamides is 1. The average Bonchev–Trinajstić information content (AvgIpc) is 3.40. The summed E-state index contributed by atoms with van der Waals surface area (Å²) < 4.78 is 30.0. The van der Waals surface area contributed by atoms with E-state index < -0.39 is 22.0 Å². The third-order valence-corrected chi connectivity index (χ3v) is 8.36. The standard InChI is InChI=1S/C25H30N4O4S2/c1-5-23(30)29-11-10-17-14-18(7-9-21(17)29)35(32,33)28-20(12-15(2)3)24(31)27-25-26-19-8-6-16(4)13-22(19)34-25/h6-9,13-15,20,28H,5,10-12H2,1-4H3,(H,26,27,31)/t20-/m1/s1. The molecular formula is C25H30N4O4S2. The lowest BCUT2D eigenvalue weighted by molar-refractivity contribution is -0.118. The molecule has 1 aliphatic heterocycles. The number of anilines is 2. The van der Waals surface area contributed by atoms with E-state index in [1.165, 1.54) is 17.4 Å². The fourth-order valence-corrected chi connectivity index (χ4v) is 6.43. The lowest BCUT2D eigenvalue weighted by Gasteiger charge is -2.20. The summed E-state index contributed by atoms with van der Waals surface area (Å²) >= 11 is 1.36. The highest BCUT2D eigenvalue weighted by Crippen LogP contribution is 2.31. The molecular weight excluding hydrogens is 484 g/mol. The number of hydrogen-bond donors (Lipinski definition) is 2. The van der Waals surface area contributed by atoms with Gasteiger partial charge in [0.25, 0.3) is 0 Å². The van der Waals surface area contributed by atoms with Crippen molar-refractivity contribution in [3.63, 3.8) is 0 Å². The van der Waals surface area contributed by atoms with Crippen LogP contribution in [-0.2, 0) is 26.0 Å². The molecule has 1 aromatic heterocycles. The van der Waals surface area contributed by atoms with Crippen molar-refractivity contribution < 1.29 is 18.0 Å². The van der Waals surface area contributed by atoms with Gasteiger partial charge in [-0.1, -0.05) is 38.2 Å². The van der Waals surface area contributed by atoms with Gasteiger partial charge < -0.3 is 10.2 Å². The highest BCUT2D eigenvalue weighted by Gasteiger charge is 2.30. The summed E-state index contributed by atoms with van der Waals surface area (Å²) in [6.45, 7) is 8.20. The molecule has 2 N–H and O–H groups in total. The third kappa shape index (κ3) is 5.55. The minimum Gasteiger partial charge on any atom is -0.312 e. The van der Waals surface area contributed by atoms with Crippen LogP contribution in [-0.4, -0.2) is 37.8 Å². The van der Waals surface area contributed by atoms with Crippen molar-refractivity contribution in [2.45, 2.75) is 57.9 Å². The Hall–Kier alpha value is -2.82. The van der Waals surface area contributed by atoms with E-state index in [-0.39, 0.29) is 16.7 Å². The molecule has 10 heteroatoms. The van der Waals surface area contributed by atoms with E-state index in [4.69, 9.17) is 0 Å². The van der Waals surface area contributed by atoms with E-state index in [1.54, 1.807) is 24.0 Å². The predicted molar refractivity (Wildman–Crippen MR) is 139 cm³/mol. The molecule has 2 aromatic carbocycles. The maximum atomic E-state index is 13.2. The van der Waals surface area contributed by atoms with Gasteiger partial charge in [-0.3, -0.25) is 9.59 Å². The first-order valence-corrected chi connectivity index (χ1v) is 14.0. The number of aromatic nitrogens is 1. The van der Waals surface area contributed by atoms with Crippen molar-refractivity contribution in [3.05, 3.63) is 47.5 Å². The molecule has 0 saturated carbocycles. The number of thiazole rings is 1. The van der Waals surface area contributed by atoms with Gasteiger partial charge in [-0.05, 0) is 67.1 Å². The van der Waals surface area contributed by atoms with E-state index in [0.717, 1.165) is 27.0 Å². The average molecular weight is 515 g/mol. The molecule has 2 amide bonds. The topological polar surface area (TPSA) is 108 Å². The summed E-state index contributed by atoms with van der Waals surface area (Å²) in [5, 5.41) is 3.23. The van der Waals surface area contributed by atoms with Crippen LogP contribution in [0.25, 0.3) is 10.2 Å². The summed E-state index contributed by atoms with van der Waals surface area (Å²) in [5.41, 5.74) is 3.44. The number of benzene rings is 2. The Morgan fingerprint density at radius 3 is 2.66 bits per heavy atom. The van der Waals surface area contributed by atoms with Crippen LogP contribution >= 0.6 is 11.3 Å². The van der Waals surface area contributed by atoms with Crippen LogP contribution < -0.4 is 14.9 Å². The molecule has 0 unspecified atom stereocenters. The Kier molecular flexibility index (Phi) is 7.25. The molecule has 186 valence electrons. The smallest absolute Gasteiger partial charge is 0.244 e. The van der Waals surface area contributed by atoms with Gasteiger partial charge in [0, 0.05) is 18.7 Å². The number of rotatable bonds is 8. The van der Waals surface area contributed by atoms with Crippen LogP contribution in [0.5, 0.6) is 0 Å².